The topological polar surface area (TPSA) is 69.7 Å². The van der Waals surface area contributed by atoms with E-state index >= 15 is 0 Å². The number of hydrogen-bond acceptors (Lipinski definition) is 4. The minimum atomic E-state index is 0.122. The van der Waals surface area contributed by atoms with Crippen molar-refractivity contribution in [1.29, 1.82) is 0 Å². The van der Waals surface area contributed by atoms with Crippen LogP contribution in [0.3, 0.4) is 0 Å². The maximum Gasteiger partial charge on any atom is 0.120 e. The van der Waals surface area contributed by atoms with Crippen molar-refractivity contribution in [1.82, 2.24) is 4.90 Å². The number of aromatic hydroxyl groups is 2. The van der Waals surface area contributed by atoms with Crippen LogP contribution in [0.2, 0.25) is 0 Å². The molecule has 3 unspecified atom stereocenters. The number of nitrogens with zero attached hydrogens (tertiary/aromatic N) is 1. The second-order valence-corrected chi connectivity index (χ2v) is 5.98. The summed E-state index contributed by atoms with van der Waals surface area (Å²) in [5.74, 6) is 0.472. The van der Waals surface area contributed by atoms with Crippen molar-refractivity contribution >= 4 is 0 Å². The zero-order valence-corrected chi connectivity index (χ0v) is 11.3. The summed E-state index contributed by atoms with van der Waals surface area (Å²) in [5.41, 5.74) is 6.91. The predicted octanol–water partition coefficient (Wildman–Crippen LogP) is 2.11. The second-order valence-electron chi connectivity index (χ2n) is 5.98. The zero-order valence-electron chi connectivity index (χ0n) is 11.3. The molecule has 2 saturated heterocycles. The molecule has 2 fully saturated rings. The van der Waals surface area contributed by atoms with Crippen LogP contribution in [-0.2, 0) is 0 Å². The molecule has 4 nitrogen and oxygen atoms in total. The van der Waals surface area contributed by atoms with E-state index in [4.69, 9.17) is 5.73 Å². The molecule has 0 saturated carbocycles. The normalized spacial score (nSPS) is 32.4. The Kier molecular flexibility index (Phi) is 3.15. The highest BCUT2D eigenvalue weighted by Gasteiger charge is 2.42. The number of benzene rings is 1. The largest absolute Gasteiger partial charge is 0.508 e. The molecule has 2 heterocycles. The Bertz CT molecular complexity index is 463. The van der Waals surface area contributed by atoms with Crippen molar-refractivity contribution in [3.8, 4) is 11.5 Å². The number of piperidine rings is 1. The van der Waals surface area contributed by atoms with Crippen molar-refractivity contribution in [2.24, 2.45) is 5.73 Å². The van der Waals surface area contributed by atoms with E-state index in [0.29, 0.717) is 18.1 Å². The predicted molar refractivity (Wildman–Crippen MR) is 74.0 cm³/mol. The van der Waals surface area contributed by atoms with Gasteiger partial charge in [0.1, 0.15) is 11.5 Å². The molecule has 3 rings (SSSR count). The monoisotopic (exact) mass is 262 g/mol. The third-order valence-corrected chi connectivity index (χ3v) is 4.73. The van der Waals surface area contributed by atoms with Crippen LogP contribution in [-0.4, -0.2) is 33.2 Å². The van der Waals surface area contributed by atoms with Crippen LogP contribution in [0.4, 0.5) is 0 Å². The van der Waals surface area contributed by atoms with Gasteiger partial charge in [0, 0.05) is 29.7 Å². The molecule has 19 heavy (non-hydrogen) atoms. The summed E-state index contributed by atoms with van der Waals surface area (Å²) >= 11 is 0. The van der Waals surface area contributed by atoms with Crippen molar-refractivity contribution in [3.05, 3.63) is 23.8 Å². The van der Waals surface area contributed by atoms with Gasteiger partial charge < -0.3 is 15.9 Å². The summed E-state index contributed by atoms with van der Waals surface area (Å²) in [6.07, 6.45) is 4.48. The van der Waals surface area contributed by atoms with Crippen molar-refractivity contribution in [2.45, 2.75) is 56.8 Å². The van der Waals surface area contributed by atoms with Crippen LogP contribution >= 0.6 is 0 Å². The summed E-state index contributed by atoms with van der Waals surface area (Å²) in [6.45, 7) is 2.11. The summed E-state index contributed by atoms with van der Waals surface area (Å²) in [6, 6.07) is 6.24. The van der Waals surface area contributed by atoms with Gasteiger partial charge >= 0.3 is 0 Å². The lowest BCUT2D eigenvalue weighted by Crippen LogP contribution is -2.48. The third-order valence-electron chi connectivity index (χ3n) is 4.73. The fraction of sp³-hybridized carbons (Fsp3) is 0.600. The fourth-order valence-corrected chi connectivity index (χ4v) is 3.92. The molecular weight excluding hydrogens is 240 g/mol. The molecule has 0 aromatic heterocycles. The van der Waals surface area contributed by atoms with Crippen molar-refractivity contribution < 1.29 is 10.2 Å². The Morgan fingerprint density at radius 2 is 1.84 bits per heavy atom. The van der Waals surface area contributed by atoms with Gasteiger partial charge in [0.2, 0.25) is 0 Å². The van der Waals surface area contributed by atoms with Gasteiger partial charge in [0.15, 0.2) is 0 Å². The van der Waals surface area contributed by atoms with E-state index in [1.807, 2.05) is 0 Å². The zero-order chi connectivity index (χ0) is 13.6. The van der Waals surface area contributed by atoms with E-state index in [2.05, 4.69) is 11.8 Å². The molecule has 3 atom stereocenters. The van der Waals surface area contributed by atoms with Crippen molar-refractivity contribution in [3.63, 3.8) is 0 Å². The summed E-state index contributed by atoms with van der Waals surface area (Å²) in [4.78, 5) is 2.48. The smallest absolute Gasteiger partial charge is 0.120 e. The summed E-state index contributed by atoms with van der Waals surface area (Å²) < 4.78 is 0. The lowest BCUT2D eigenvalue weighted by Gasteiger charge is -2.41. The quantitative estimate of drug-likeness (QED) is 0.714. The molecular formula is C15H22N2O2. The van der Waals surface area contributed by atoms with Gasteiger partial charge in [-0.15, -0.1) is 0 Å². The third kappa shape index (κ3) is 2.19. The Morgan fingerprint density at radius 1 is 1.21 bits per heavy atom. The molecule has 2 bridgehead atoms. The average Bonchev–Trinajstić information content (AvgIpc) is 2.64. The van der Waals surface area contributed by atoms with Gasteiger partial charge in [-0.25, -0.2) is 0 Å². The van der Waals surface area contributed by atoms with Gasteiger partial charge in [0.05, 0.1) is 0 Å². The number of hydrogen-bond donors (Lipinski definition) is 3. The van der Waals surface area contributed by atoms with Gasteiger partial charge in [-0.05, 0) is 50.8 Å². The van der Waals surface area contributed by atoms with Crippen LogP contribution in [0.1, 0.15) is 44.2 Å². The van der Waals surface area contributed by atoms with Gasteiger partial charge in [-0.2, -0.15) is 0 Å². The summed E-state index contributed by atoms with van der Waals surface area (Å²) in [5, 5.41) is 19.6. The number of rotatable bonds is 2. The van der Waals surface area contributed by atoms with Crippen LogP contribution in [0.25, 0.3) is 0 Å². The second kappa shape index (κ2) is 4.69. The van der Waals surface area contributed by atoms with Crippen LogP contribution in [0.5, 0.6) is 11.5 Å². The maximum absolute atomic E-state index is 10.0. The molecule has 0 spiro atoms. The lowest BCUT2D eigenvalue weighted by molar-refractivity contribution is 0.0841. The number of phenolic OH excluding ortho intramolecular Hbond substituents is 2. The standard InChI is InChI=1S/C15H22N2O2/c1-9(14-8-13(18)4-5-15(14)19)17-11-2-3-12(17)7-10(16)6-11/h4-5,8-12,18-19H,2-3,6-7,16H2,1H3. The highest BCUT2D eigenvalue weighted by Crippen LogP contribution is 2.43. The highest BCUT2D eigenvalue weighted by molar-refractivity contribution is 5.40. The van der Waals surface area contributed by atoms with E-state index in [9.17, 15) is 10.2 Å². The van der Waals surface area contributed by atoms with Crippen LogP contribution in [0, 0.1) is 0 Å². The van der Waals surface area contributed by atoms with Crippen LogP contribution < -0.4 is 5.73 Å². The van der Waals surface area contributed by atoms with Crippen molar-refractivity contribution in [2.75, 3.05) is 0 Å². The summed E-state index contributed by atoms with van der Waals surface area (Å²) in [7, 11) is 0. The molecule has 104 valence electrons. The minimum absolute atomic E-state index is 0.122. The van der Waals surface area contributed by atoms with Crippen LogP contribution in [0.15, 0.2) is 18.2 Å². The molecule has 4 heteroatoms. The first-order valence-corrected chi connectivity index (χ1v) is 7.11. The fourth-order valence-electron chi connectivity index (χ4n) is 3.92. The Balaban J connectivity index is 1.88. The van der Waals surface area contributed by atoms with E-state index < -0.39 is 0 Å². The molecule has 0 amide bonds. The number of phenols is 2. The van der Waals surface area contributed by atoms with E-state index in [0.717, 1.165) is 18.4 Å². The SMILES string of the molecule is CC(c1cc(O)ccc1O)N1C2CCC1CC(N)C2. The molecule has 2 aliphatic rings. The van der Waals surface area contributed by atoms with Gasteiger partial charge in [-0.1, -0.05) is 0 Å². The molecule has 4 N–H and O–H groups in total. The van der Waals surface area contributed by atoms with Gasteiger partial charge in [0.25, 0.3) is 0 Å². The van der Waals surface area contributed by atoms with E-state index in [1.54, 1.807) is 12.1 Å². The maximum atomic E-state index is 10.0. The van der Waals surface area contributed by atoms with E-state index in [1.165, 1.54) is 18.9 Å². The van der Waals surface area contributed by atoms with E-state index in [-0.39, 0.29) is 17.5 Å². The van der Waals surface area contributed by atoms with Gasteiger partial charge in [-0.3, -0.25) is 4.90 Å². The molecule has 1 aromatic carbocycles. The molecule has 2 aliphatic heterocycles. The first kappa shape index (κ1) is 12.8. The highest BCUT2D eigenvalue weighted by atomic mass is 16.3. The molecule has 0 aliphatic carbocycles. The Morgan fingerprint density at radius 3 is 2.47 bits per heavy atom. The Labute approximate surface area is 113 Å². The first-order valence-electron chi connectivity index (χ1n) is 7.11. The minimum Gasteiger partial charge on any atom is -0.508 e. The number of fused-ring (bicyclic) bond motifs is 2. The number of nitrogens with two attached hydrogens (primary N) is 1. The first-order chi connectivity index (χ1) is 9.06. The Hall–Kier alpha value is -1.26. The lowest BCUT2D eigenvalue weighted by atomic mass is 9.94. The molecule has 1 aromatic rings. The average molecular weight is 262 g/mol. The molecule has 0 radical (unpaired) electrons.